The van der Waals surface area contributed by atoms with Gasteiger partial charge in [-0.3, -0.25) is 4.98 Å². The molecule has 0 saturated heterocycles. The molecule has 3 heteroatoms. The SMILES string of the molecule is CCC(CCO)NC(C)c1cccnc1. The van der Waals surface area contributed by atoms with Gasteiger partial charge in [-0.05, 0) is 31.4 Å². The Hall–Kier alpha value is -0.930. The van der Waals surface area contributed by atoms with Crippen LogP contribution in [0.15, 0.2) is 24.5 Å². The number of pyridine rings is 1. The number of hydrogen-bond donors (Lipinski definition) is 2. The predicted molar refractivity (Wildman–Crippen MR) is 61.6 cm³/mol. The predicted octanol–water partition coefficient (Wildman–Crippen LogP) is 1.89. The van der Waals surface area contributed by atoms with Gasteiger partial charge in [-0.1, -0.05) is 13.0 Å². The quantitative estimate of drug-likeness (QED) is 0.750. The second-order valence-electron chi connectivity index (χ2n) is 3.79. The number of hydrogen-bond acceptors (Lipinski definition) is 3. The van der Waals surface area contributed by atoms with Crippen molar-refractivity contribution < 1.29 is 5.11 Å². The number of aliphatic hydroxyl groups excluding tert-OH is 1. The number of rotatable bonds is 6. The van der Waals surface area contributed by atoms with E-state index >= 15 is 0 Å². The lowest BCUT2D eigenvalue weighted by molar-refractivity contribution is 0.257. The molecule has 1 heterocycles. The van der Waals surface area contributed by atoms with E-state index in [0.717, 1.165) is 12.8 Å². The van der Waals surface area contributed by atoms with Crippen molar-refractivity contribution in [2.24, 2.45) is 0 Å². The van der Waals surface area contributed by atoms with Gasteiger partial charge in [-0.2, -0.15) is 0 Å². The Morgan fingerprint density at radius 2 is 2.33 bits per heavy atom. The highest BCUT2D eigenvalue weighted by Crippen LogP contribution is 2.12. The minimum atomic E-state index is 0.241. The first-order valence-electron chi connectivity index (χ1n) is 5.54. The molecule has 0 bridgehead atoms. The molecule has 0 aliphatic heterocycles. The fourth-order valence-electron chi connectivity index (χ4n) is 1.64. The largest absolute Gasteiger partial charge is 0.396 e. The second-order valence-corrected chi connectivity index (χ2v) is 3.79. The molecule has 0 radical (unpaired) electrons. The molecule has 3 nitrogen and oxygen atoms in total. The van der Waals surface area contributed by atoms with Gasteiger partial charge < -0.3 is 10.4 Å². The molecule has 84 valence electrons. The third kappa shape index (κ3) is 3.98. The Kier molecular flexibility index (Phi) is 5.29. The molecule has 2 atom stereocenters. The van der Waals surface area contributed by atoms with Crippen LogP contribution < -0.4 is 5.32 Å². The Bertz CT molecular complexity index is 264. The molecule has 15 heavy (non-hydrogen) atoms. The zero-order valence-electron chi connectivity index (χ0n) is 9.48. The highest BCUT2D eigenvalue weighted by molar-refractivity contribution is 5.12. The molecule has 1 aromatic heterocycles. The topological polar surface area (TPSA) is 45.1 Å². The van der Waals surface area contributed by atoms with Gasteiger partial charge in [0.2, 0.25) is 0 Å². The van der Waals surface area contributed by atoms with E-state index in [1.54, 1.807) is 6.20 Å². The van der Waals surface area contributed by atoms with Crippen LogP contribution in [0.2, 0.25) is 0 Å². The maximum Gasteiger partial charge on any atom is 0.0445 e. The van der Waals surface area contributed by atoms with Crippen molar-refractivity contribution in [1.29, 1.82) is 0 Å². The Morgan fingerprint density at radius 3 is 2.87 bits per heavy atom. The summed E-state index contributed by atoms with van der Waals surface area (Å²) in [6.45, 7) is 4.49. The van der Waals surface area contributed by atoms with Gasteiger partial charge in [0.05, 0.1) is 0 Å². The lowest BCUT2D eigenvalue weighted by Crippen LogP contribution is -2.31. The molecule has 2 N–H and O–H groups in total. The fraction of sp³-hybridized carbons (Fsp3) is 0.583. The van der Waals surface area contributed by atoms with Crippen molar-refractivity contribution in [1.82, 2.24) is 10.3 Å². The molecule has 0 aliphatic carbocycles. The minimum absolute atomic E-state index is 0.241. The van der Waals surface area contributed by atoms with Crippen LogP contribution in [0, 0.1) is 0 Å². The first-order chi connectivity index (χ1) is 7.27. The molecule has 0 saturated carbocycles. The van der Waals surface area contributed by atoms with E-state index in [-0.39, 0.29) is 12.6 Å². The van der Waals surface area contributed by atoms with Gasteiger partial charge in [0.15, 0.2) is 0 Å². The van der Waals surface area contributed by atoms with Crippen molar-refractivity contribution in [3.8, 4) is 0 Å². The summed E-state index contributed by atoms with van der Waals surface area (Å²) in [4.78, 5) is 4.10. The van der Waals surface area contributed by atoms with Crippen LogP contribution >= 0.6 is 0 Å². The molecule has 0 aromatic carbocycles. The second kappa shape index (κ2) is 6.53. The molecule has 0 aliphatic rings. The average molecular weight is 208 g/mol. The molecular formula is C12H20N2O. The van der Waals surface area contributed by atoms with E-state index < -0.39 is 0 Å². The van der Waals surface area contributed by atoms with Gasteiger partial charge >= 0.3 is 0 Å². The number of aromatic nitrogens is 1. The van der Waals surface area contributed by atoms with E-state index in [4.69, 9.17) is 5.11 Å². The van der Waals surface area contributed by atoms with Crippen molar-refractivity contribution in [2.45, 2.75) is 38.8 Å². The van der Waals surface area contributed by atoms with Crippen LogP contribution in [-0.4, -0.2) is 22.7 Å². The lowest BCUT2D eigenvalue weighted by atomic mass is 10.1. The fourth-order valence-corrected chi connectivity index (χ4v) is 1.64. The highest BCUT2D eigenvalue weighted by atomic mass is 16.3. The highest BCUT2D eigenvalue weighted by Gasteiger charge is 2.10. The van der Waals surface area contributed by atoms with Crippen molar-refractivity contribution >= 4 is 0 Å². The summed E-state index contributed by atoms with van der Waals surface area (Å²) in [6, 6.07) is 4.68. The van der Waals surface area contributed by atoms with E-state index in [0.29, 0.717) is 6.04 Å². The monoisotopic (exact) mass is 208 g/mol. The van der Waals surface area contributed by atoms with E-state index in [1.165, 1.54) is 5.56 Å². The third-order valence-electron chi connectivity index (χ3n) is 2.64. The van der Waals surface area contributed by atoms with Crippen molar-refractivity contribution in [2.75, 3.05) is 6.61 Å². The Balaban J connectivity index is 2.50. The first kappa shape index (κ1) is 12.1. The standard InChI is InChI=1S/C12H20N2O/c1-3-12(6-8-15)14-10(2)11-5-4-7-13-9-11/h4-5,7,9-10,12,14-15H,3,6,8H2,1-2H3. The maximum absolute atomic E-state index is 8.90. The van der Waals surface area contributed by atoms with Gasteiger partial charge in [-0.25, -0.2) is 0 Å². The summed E-state index contributed by atoms with van der Waals surface area (Å²) in [5.41, 5.74) is 1.19. The van der Waals surface area contributed by atoms with Gasteiger partial charge in [0, 0.05) is 31.1 Å². The zero-order valence-corrected chi connectivity index (χ0v) is 9.48. The first-order valence-corrected chi connectivity index (χ1v) is 5.54. The van der Waals surface area contributed by atoms with Crippen LogP contribution in [-0.2, 0) is 0 Å². The van der Waals surface area contributed by atoms with Crippen LogP contribution in [0.3, 0.4) is 0 Å². The molecule has 0 spiro atoms. The minimum Gasteiger partial charge on any atom is -0.396 e. The van der Waals surface area contributed by atoms with Crippen LogP contribution in [0.1, 0.15) is 38.3 Å². The summed E-state index contributed by atoms with van der Waals surface area (Å²) in [5, 5.41) is 12.4. The summed E-state index contributed by atoms with van der Waals surface area (Å²) in [5.74, 6) is 0. The summed E-state index contributed by atoms with van der Waals surface area (Å²) in [7, 11) is 0. The lowest BCUT2D eigenvalue weighted by Gasteiger charge is -2.21. The molecule has 1 rings (SSSR count). The number of nitrogens with zero attached hydrogens (tertiary/aromatic N) is 1. The summed E-state index contributed by atoms with van der Waals surface area (Å²) in [6.07, 6.45) is 5.50. The van der Waals surface area contributed by atoms with Crippen molar-refractivity contribution in [3.05, 3.63) is 30.1 Å². The van der Waals surface area contributed by atoms with Gasteiger partial charge in [0.25, 0.3) is 0 Å². The normalized spacial score (nSPS) is 14.9. The molecule has 0 amide bonds. The smallest absolute Gasteiger partial charge is 0.0445 e. The number of aliphatic hydroxyl groups is 1. The Labute approximate surface area is 91.5 Å². The van der Waals surface area contributed by atoms with Crippen LogP contribution in [0.25, 0.3) is 0 Å². The maximum atomic E-state index is 8.90. The Morgan fingerprint density at radius 1 is 1.53 bits per heavy atom. The van der Waals surface area contributed by atoms with Gasteiger partial charge in [0.1, 0.15) is 0 Å². The van der Waals surface area contributed by atoms with E-state index in [9.17, 15) is 0 Å². The molecule has 2 unspecified atom stereocenters. The molecular weight excluding hydrogens is 188 g/mol. The zero-order chi connectivity index (χ0) is 11.1. The van der Waals surface area contributed by atoms with E-state index in [2.05, 4.69) is 30.2 Å². The van der Waals surface area contributed by atoms with Crippen LogP contribution in [0.4, 0.5) is 0 Å². The van der Waals surface area contributed by atoms with E-state index in [1.807, 2.05) is 12.3 Å². The van der Waals surface area contributed by atoms with Crippen molar-refractivity contribution in [3.63, 3.8) is 0 Å². The summed E-state index contributed by atoms with van der Waals surface area (Å²) < 4.78 is 0. The molecule has 1 aromatic rings. The summed E-state index contributed by atoms with van der Waals surface area (Å²) >= 11 is 0. The van der Waals surface area contributed by atoms with Gasteiger partial charge in [-0.15, -0.1) is 0 Å². The third-order valence-corrected chi connectivity index (χ3v) is 2.64. The average Bonchev–Trinajstić information content (AvgIpc) is 2.29. The van der Waals surface area contributed by atoms with Crippen LogP contribution in [0.5, 0.6) is 0 Å². The number of nitrogens with one attached hydrogen (secondary N) is 1. The molecule has 0 fully saturated rings.